The molecule has 0 aliphatic carbocycles. The molecule has 40 valence electrons. The van der Waals surface area contributed by atoms with Crippen LogP contribution in [0.2, 0.25) is 0 Å². The molecule has 1 aliphatic rings. The smallest absolute Gasteiger partial charge is 0.354 e. The Bertz CT molecular complexity index is 174. The van der Waals surface area contributed by atoms with Crippen molar-refractivity contribution in [3.8, 4) is 0 Å². The highest BCUT2D eigenvalue weighted by Crippen LogP contribution is 2.29. The minimum atomic E-state index is -3.26. The first kappa shape index (κ1) is 5.33. The summed E-state index contributed by atoms with van der Waals surface area (Å²) in [6.45, 7) is 0. The van der Waals surface area contributed by atoms with E-state index in [0.717, 1.165) is 0 Å². The van der Waals surface area contributed by atoms with Crippen LogP contribution in [-0.4, -0.2) is 12.8 Å². The maximum atomic E-state index is 9.95. The van der Waals surface area contributed by atoms with Crippen molar-refractivity contribution >= 4 is 36.5 Å². The second kappa shape index (κ2) is 1.33. The molecular weight excluding hydrogens is 156 g/mol. The van der Waals surface area contributed by atoms with E-state index in [-0.39, 0.29) is 4.38 Å². The zero-order chi connectivity index (χ0) is 5.49. The first-order valence-electron chi connectivity index (χ1n) is 1.28. The average Bonchev–Trinajstić information content (AvgIpc) is 1.27. The minimum Gasteiger partial charge on any atom is -0.354 e. The highest BCUT2D eigenvalue weighted by molar-refractivity contribution is 8.81. The van der Waals surface area contributed by atoms with Gasteiger partial charge in [0.05, 0.1) is 10.8 Å². The topological polar surface area (TPSA) is 43.4 Å². The molecule has 0 amide bonds. The van der Waals surface area contributed by atoms with Crippen LogP contribution < -0.4 is 0 Å². The van der Waals surface area contributed by atoms with E-state index in [1.807, 2.05) is 0 Å². The van der Waals surface area contributed by atoms with Crippen LogP contribution in [0, 0.1) is 0 Å². The summed E-state index contributed by atoms with van der Waals surface area (Å²) >= 11 is 4.29. The highest BCUT2D eigenvalue weighted by Gasteiger charge is 2.30. The van der Waals surface area contributed by atoms with Gasteiger partial charge in [0.2, 0.25) is 0 Å². The third-order valence-electron chi connectivity index (χ3n) is 0.340. The Morgan fingerprint density at radius 3 is 2.14 bits per heavy atom. The maximum absolute atomic E-state index is 9.95. The molecule has 0 spiro atoms. The lowest BCUT2D eigenvalue weighted by Crippen LogP contribution is -2.17. The summed E-state index contributed by atoms with van der Waals surface area (Å²) in [7, 11) is -2.69. The van der Waals surface area contributed by atoms with Crippen molar-refractivity contribution in [2.24, 2.45) is 0 Å². The molecule has 1 aliphatic heterocycles. The van der Waals surface area contributed by atoms with Crippen molar-refractivity contribution in [3.63, 3.8) is 0 Å². The summed E-state index contributed by atoms with van der Waals surface area (Å²) in [5.74, 6) is 0. The van der Waals surface area contributed by atoms with Gasteiger partial charge in [-0.05, 0) is 12.2 Å². The molecule has 0 N–H and O–H groups in total. The van der Waals surface area contributed by atoms with Gasteiger partial charge >= 0.3 is 9.15 Å². The second-order valence-corrected chi connectivity index (χ2v) is 4.70. The van der Waals surface area contributed by atoms with Crippen molar-refractivity contribution in [2.75, 3.05) is 0 Å². The Morgan fingerprint density at radius 1 is 1.71 bits per heavy atom. The predicted molar refractivity (Wildman–Crippen MR) is 30.2 cm³/mol. The average molecular weight is 156 g/mol. The van der Waals surface area contributed by atoms with Gasteiger partial charge in [0, 0.05) is 0 Å². The molecule has 0 aromatic heterocycles. The Hall–Kier alpha value is 0.190. The molecule has 1 heterocycles. The van der Waals surface area contributed by atoms with Gasteiger partial charge in [-0.3, -0.25) is 0 Å². The van der Waals surface area contributed by atoms with Gasteiger partial charge in [-0.2, -0.15) is 8.42 Å². The normalized spacial score (nSPS) is 25.4. The lowest BCUT2D eigenvalue weighted by Gasteiger charge is -2.11. The number of rotatable bonds is 0. The van der Waals surface area contributed by atoms with E-state index in [2.05, 4.69) is 16.4 Å². The van der Waals surface area contributed by atoms with Gasteiger partial charge in [0.1, 0.15) is 0 Å². The maximum Gasteiger partial charge on any atom is 0.376 e. The van der Waals surface area contributed by atoms with Gasteiger partial charge < -0.3 is 4.18 Å². The van der Waals surface area contributed by atoms with Gasteiger partial charge in [0.25, 0.3) is 4.38 Å². The summed E-state index contributed by atoms with van der Waals surface area (Å²) in [5.41, 5.74) is 0. The monoisotopic (exact) mass is 156 g/mol. The molecule has 0 aromatic rings. The van der Waals surface area contributed by atoms with Crippen LogP contribution in [0.25, 0.3) is 0 Å². The van der Waals surface area contributed by atoms with E-state index in [1.54, 1.807) is 0 Å². The molecule has 7 heavy (non-hydrogen) atoms. The zero-order valence-corrected chi connectivity index (χ0v) is 5.40. The predicted octanol–water partition coefficient (Wildman–Crippen LogP) is 0.280. The lowest BCUT2D eigenvalue weighted by atomic mass is 11.7. The first-order valence-corrected chi connectivity index (χ1v) is 4.43. The number of hydrogen-bond donors (Lipinski definition) is 0. The standard InChI is InChI=1S/CO3S3/c2-7(3)4-1(5)6-7. The summed E-state index contributed by atoms with van der Waals surface area (Å²) in [4.78, 5) is 0. The molecule has 1 rings (SSSR count). The largest absolute Gasteiger partial charge is 0.376 e. The van der Waals surface area contributed by atoms with E-state index < -0.39 is 9.15 Å². The van der Waals surface area contributed by atoms with E-state index >= 15 is 0 Å². The Kier molecular flexibility index (Phi) is 1.01. The van der Waals surface area contributed by atoms with E-state index in [1.165, 1.54) is 0 Å². The van der Waals surface area contributed by atoms with Crippen molar-refractivity contribution in [1.29, 1.82) is 0 Å². The number of thiocarbonyl (C=S) groups is 1. The molecule has 1 fully saturated rings. The molecular formula is CO3S3. The summed E-state index contributed by atoms with van der Waals surface area (Å²) in [5, 5.41) is 0. The molecule has 3 nitrogen and oxygen atoms in total. The van der Waals surface area contributed by atoms with Crippen LogP contribution in [0.15, 0.2) is 0 Å². The molecule has 0 aromatic carbocycles. The fraction of sp³-hybridized carbons (Fsp3) is 0. The molecule has 0 atom stereocenters. The summed E-state index contributed by atoms with van der Waals surface area (Å²) in [6.07, 6.45) is 0. The van der Waals surface area contributed by atoms with E-state index in [9.17, 15) is 8.42 Å². The molecule has 0 radical (unpaired) electrons. The van der Waals surface area contributed by atoms with Gasteiger partial charge in [-0.25, -0.2) is 0 Å². The van der Waals surface area contributed by atoms with Crippen LogP contribution >= 0.6 is 23.0 Å². The summed E-state index contributed by atoms with van der Waals surface area (Å²) < 4.78 is 24.0. The molecule has 0 bridgehead atoms. The zero-order valence-electron chi connectivity index (χ0n) is 2.95. The van der Waals surface area contributed by atoms with Crippen LogP contribution in [0.3, 0.4) is 0 Å². The van der Waals surface area contributed by atoms with Crippen molar-refractivity contribution in [2.45, 2.75) is 0 Å². The van der Waals surface area contributed by atoms with Crippen LogP contribution in [0.1, 0.15) is 0 Å². The Labute approximate surface area is 49.6 Å². The second-order valence-electron chi connectivity index (χ2n) is 0.825. The first-order chi connectivity index (χ1) is 3.10. The van der Waals surface area contributed by atoms with E-state index in [4.69, 9.17) is 0 Å². The van der Waals surface area contributed by atoms with Gasteiger partial charge in [-0.15, -0.1) is 0 Å². The van der Waals surface area contributed by atoms with Crippen molar-refractivity contribution in [1.82, 2.24) is 0 Å². The van der Waals surface area contributed by atoms with Crippen LogP contribution in [0.4, 0.5) is 0 Å². The SMILES string of the molecule is O=S1(=O)OC(=S)S1. The third-order valence-corrected chi connectivity index (χ3v) is 3.27. The fourth-order valence-electron chi connectivity index (χ4n) is 0.173. The molecule has 0 unspecified atom stereocenters. The van der Waals surface area contributed by atoms with E-state index in [0.29, 0.717) is 10.8 Å². The lowest BCUT2D eigenvalue weighted by molar-refractivity contribution is 0.505. The van der Waals surface area contributed by atoms with Gasteiger partial charge in [0.15, 0.2) is 0 Å². The summed E-state index contributed by atoms with van der Waals surface area (Å²) in [6, 6.07) is 0. The Morgan fingerprint density at radius 2 is 2.14 bits per heavy atom. The van der Waals surface area contributed by atoms with Crippen LogP contribution in [0.5, 0.6) is 0 Å². The van der Waals surface area contributed by atoms with Crippen molar-refractivity contribution < 1.29 is 12.6 Å². The fourth-order valence-corrected chi connectivity index (χ4v) is 2.56. The molecule has 1 saturated heterocycles. The van der Waals surface area contributed by atoms with Crippen molar-refractivity contribution in [3.05, 3.63) is 0 Å². The van der Waals surface area contributed by atoms with Gasteiger partial charge in [-0.1, -0.05) is 0 Å². The number of hydrogen-bond acceptors (Lipinski definition) is 5. The van der Waals surface area contributed by atoms with Crippen LogP contribution in [-0.2, 0) is 13.3 Å². The molecule has 0 saturated carbocycles. The third kappa shape index (κ3) is 1.05. The highest BCUT2D eigenvalue weighted by atomic mass is 33.2. The minimum absolute atomic E-state index is 0.0833. The quantitative estimate of drug-likeness (QED) is 0.372. The molecule has 6 heteroatoms. The Balaban J connectivity index is 2.79.